The molecule has 0 aromatic heterocycles. The summed E-state index contributed by atoms with van der Waals surface area (Å²) in [7, 11) is 0. The van der Waals surface area contributed by atoms with E-state index in [1.165, 1.54) is 5.56 Å². The van der Waals surface area contributed by atoms with Crippen LogP contribution in [0.2, 0.25) is 0 Å². The van der Waals surface area contributed by atoms with Crippen LogP contribution in [0.15, 0.2) is 28.7 Å². The molecule has 14 heavy (non-hydrogen) atoms. The van der Waals surface area contributed by atoms with E-state index in [1.54, 1.807) is 0 Å². The van der Waals surface area contributed by atoms with Crippen molar-refractivity contribution in [3.8, 4) is 0 Å². The van der Waals surface area contributed by atoms with Gasteiger partial charge in [-0.3, -0.25) is 0 Å². The van der Waals surface area contributed by atoms with E-state index in [2.05, 4.69) is 42.8 Å². The first-order valence-electron chi connectivity index (χ1n) is 4.82. The average Bonchev–Trinajstić information content (AvgIpc) is 2.07. The van der Waals surface area contributed by atoms with E-state index in [0.29, 0.717) is 0 Å². The zero-order valence-corrected chi connectivity index (χ0v) is 10.5. The first kappa shape index (κ1) is 11.7. The van der Waals surface area contributed by atoms with E-state index in [1.807, 2.05) is 18.2 Å². The van der Waals surface area contributed by atoms with Crippen LogP contribution in [0, 0.1) is 5.41 Å². The fourth-order valence-electron chi connectivity index (χ4n) is 1.60. The highest BCUT2D eigenvalue weighted by molar-refractivity contribution is 9.10. The number of aliphatic hydroxyl groups excluding tert-OH is 1. The Morgan fingerprint density at radius 1 is 1.29 bits per heavy atom. The highest BCUT2D eigenvalue weighted by Crippen LogP contribution is 2.37. The van der Waals surface area contributed by atoms with Crippen LogP contribution in [-0.2, 0) is 0 Å². The maximum atomic E-state index is 9.42. The summed E-state index contributed by atoms with van der Waals surface area (Å²) in [5, 5.41) is 9.42. The third kappa shape index (κ3) is 2.58. The van der Waals surface area contributed by atoms with Crippen molar-refractivity contribution in [1.29, 1.82) is 0 Å². The molecule has 0 bridgehead atoms. The number of benzene rings is 1. The maximum Gasteiger partial charge on any atom is 0.0505 e. The smallest absolute Gasteiger partial charge is 0.0505 e. The Kier molecular flexibility index (Phi) is 3.73. The van der Waals surface area contributed by atoms with Gasteiger partial charge in [-0.25, -0.2) is 0 Å². The lowest BCUT2D eigenvalue weighted by Gasteiger charge is -2.30. The summed E-state index contributed by atoms with van der Waals surface area (Å²) in [5.74, 6) is 0.179. The molecule has 0 aliphatic rings. The van der Waals surface area contributed by atoms with Crippen LogP contribution < -0.4 is 0 Å². The SMILES string of the molecule is CC(C)(C)C(CO)c1ccccc1Br. The summed E-state index contributed by atoms with van der Waals surface area (Å²) < 4.78 is 1.08. The normalized spacial score (nSPS) is 14.1. The largest absolute Gasteiger partial charge is 0.396 e. The quantitative estimate of drug-likeness (QED) is 0.858. The van der Waals surface area contributed by atoms with Gasteiger partial charge in [0.1, 0.15) is 0 Å². The number of hydrogen-bond acceptors (Lipinski definition) is 1. The third-order valence-electron chi connectivity index (χ3n) is 2.51. The second-order valence-electron chi connectivity index (χ2n) is 4.62. The molecule has 0 amide bonds. The van der Waals surface area contributed by atoms with Crippen molar-refractivity contribution in [2.75, 3.05) is 6.61 Å². The van der Waals surface area contributed by atoms with Gasteiger partial charge in [-0.15, -0.1) is 0 Å². The molecule has 0 saturated carbocycles. The second-order valence-corrected chi connectivity index (χ2v) is 5.48. The maximum absolute atomic E-state index is 9.42. The second kappa shape index (κ2) is 4.45. The van der Waals surface area contributed by atoms with Gasteiger partial charge in [0.2, 0.25) is 0 Å². The topological polar surface area (TPSA) is 20.2 Å². The van der Waals surface area contributed by atoms with Crippen LogP contribution in [0.1, 0.15) is 32.3 Å². The molecule has 1 rings (SSSR count). The van der Waals surface area contributed by atoms with Crippen LogP contribution in [0.3, 0.4) is 0 Å². The minimum Gasteiger partial charge on any atom is -0.396 e. The van der Waals surface area contributed by atoms with Crippen molar-refractivity contribution in [1.82, 2.24) is 0 Å². The molecular weight excluding hydrogens is 240 g/mol. The van der Waals surface area contributed by atoms with Crippen LogP contribution in [0.25, 0.3) is 0 Å². The van der Waals surface area contributed by atoms with Gasteiger partial charge in [0.05, 0.1) is 6.61 Å². The van der Waals surface area contributed by atoms with Gasteiger partial charge in [0.25, 0.3) is 0 Å². The molecule has 0 saturated heterocycles. The molecule has 2 heteroatoms. The van der Waals surface area contributed by atoms with Crippen molar-refractivity contribution in [3.05, 3.63) is 34.3 Å². The Morgan fingerprint density at radius 3 is 2.29 bits per heavy atom. The fourth-order valence-corrected chi connectivity index (χ4v) is 2.16. The summed E-state index contributed by atoms with van der Waals surface area (Å²) in [6, 6.07) is 8.08. The Balaban J connectivity index is 3.08. The lowest BCUT2D eigenvalue weighted by molar-refractivity contribution is 0.186. The molecule has 0 fully saturated rings. The standard InChI is InChI=1S/C12H17BrO/c1-12(2,3)10(8-14)9-6-4-5-7-11(9)13/h4-7,10,14H,8H2,1-3H3. The zero-order valence-electron chi connectivity index (χ0n) is 8.92. The predicted octanol–water partition coefficient (Wildman–Crippen LogP) is 3.57. The molecule has 1 aromatic carbocycles. The van der Waals surface area contributed by atoms with Crippen molar-refractivity contribution < 1.29 is 5.11 Å². The van der Waals surface area contributed by atoms with Gasteiger partial charge in [-0.05, 0) is 17.0 Å². The molecule has 1 atom stereocenters. The van der Waals surface area contributed by atoms with Crippen molar-refractivity contribution in [3.63, 3.8) is 0 Å². The van der Waals surface area contributed by atoms with Gasteiger partial charge in [-0.1, -0.05) is 54.9 Å². The third-order valence-corrected chi connectivity index (χ3v) is 3.23. The average molecular weight is 257 g/mol. The Morgan fingerprint density at radius 2 is 1.86 bits per heavy atom. The molecular formula is C12H17BrO. The van der Waals surface area contributed by atoms with Crippen molar-refractivity contribution in [2.24, 2.45) is 5.41 Å². The summed E-state index contributed by atoms with van der Waals surface area (Å²) in [6.07, 6.45) is 0. The van der Waals surface area contributed by atoms with Gasteiger partial charge < -0.3 is 5.11 Å². The summed E-state index contributed by atoms with van der Waals surface area (Å²) in [4.78, 5) is 0. The Labute approximate surface area is 94.3 Å². The zero-order chi connectivity index (χ0) is 10.8. The first-order chi connectivity index (χ1) is 6.46. The number of hydrogen-bond donors (Lipinski definition) is 1. The molecule has 1 nitrogen and oxygen atoms in total. The van der Waals surface area contributed by atoms with Crippen molar-refractivity contribution >= 4 is 15.9 Å². The minimum absolute atomic E-state index is 0.0820. The predicted molar refractivity (Wildman–Crippen MR) is 63.4 cm³/mol. The fraction of sp³-hybridized carbons (Fsp3) is 0.500. The summed E-state index contributed by atoms with van der Waals surface area (Å²) >= 11 is 3.52. The summed E-state index contributed by atoms with van der Waals surface area (Å²) in [5.41, 5.74) is 1.26. The van der Waals surface area contributed by atoms with Gasteiger partial charge in [0.15, 0.2) is 0 Å². The van der Waals surface area contributed by atoms with Gasteiger partial charge in [-0.2, -0.15) is 0 Å². The lowest BCUT2D eigenvalue weighted by Crippen LogP contribution is -2.22. The molecule has 1 aromatic rings. The Bertz CT molecular complexity index is 301. The van der Waals surface area contributed by atoms with E-state index < -0.39 is 0 Å². The van der Waals surface area contributed by atoms with E-state index in [-0.39, 0.29) is 17.9 Å². The van der Waals surface area contributed by atoms with Crippen LogP contribution in [0.4, 0.5) is 0 Å². The summed E-state index contributed by atoms with van der Waals surface area (Å²) in [6.45, 7) is 6.63. The first-order valence-corrected chi connectivity index (χ1v) is 5.61. The van der Waals surface area contributed by atoms with E-state index in [9.17, 15) is 5.11 Å². The monoisotopic (exact) mass is 256 g/mol. The molecule has 1 N–H and O–H groups in total. The number of halogens is 1. The highest BCUT2D eigenvalue weighted by Gasteiger charge is 2.26. The number of aliphatic hydroxyl groups is 1. The minimum atomic E-state index is 0.0820. The van der Waals surface area contributed by atoms with E-state index in [4.69, 9.17) is 0 Å². The molecule has 0 heterocycles. The Hall–Kier alpha value is -0.340. The molecule has 0 spiro atoms. The number of rotatable bonds is 2. The van der Waals surface area contributed by atoms with Gasteiger partial charge >= 0.3 is 0 Å². The molecule has 78 valence electrons. The highest BCUT2D eigenvalue weighted by atomic mass is 79.9. The van der Waals surface area contributed by atoms with Crippen LogP contribution >= 0.6 is 15.9 Å². The molecule has 1 unspecified atom stereocenters. The van der Waals surface area contributed by atoms with E-state index in [0.717, 1.165) is 4.47 Å². The van der Waals surface area contributed by atoms with Crippen molar-refractivity contribution in [2.45, 2.75) is 26.7 Å². The van der Waals surface area contributed by atoms with Gasteiger partial charge in [0, 0.05) is 10.4 Å². The molecule has 0 aliphatic heterocycles. The molecule has 0 aliphatic carbocycles. The van der Waals surface area contributed by atoms with Crippen LogP contribution in [0.5, 0.6) is 0 Å². The lowest BCUT2D eigenvalue weighted by atomic mass is 9.77. The van der Waals surface area contributed by atoms with Crippen LogP contribution in [-0.4, -0.2) is 11.7 Å². The molecule has 0 radical (unpaired) electrons. The van der Waals surface area contributed by atoms with E-state index >= 15 is 0 Å².